The second-order valence-corrected chi connectivity index (χ2v) is 1.09. The summed E-state index contributed by atoms with van der Waals surface area (Å²) in [6, 6.07) is 0. The van der Waals surface area contributed by atoms with Crippen LogP contribution in [0.1, 0.15) is 13.8 Å². The molecule has 0 fully saturated rings. The molecule has 0 unspecified atom stereocenters. The van der Waals surface area contributed by atoms with Gasteiger partial charge in [0, 0.05) is 6.10 Å². The van der Waals surface area contributed by atoms with Crippen LogP contribution in [0.15, 0.2) is 0 Å². The van der Waals surface area contributed by atoms with Crippen molar-refractivity contribution in [2.75, 3.05) is 0 Å². The molecule has 0 aromatic rings. The summed E-state index contributed by atoms with van der Waals surface area (Å²) < 4.78 is 0. The van der Waals surface area contributed by atoms with Crippen LogP contribution < -0.4 is 0 Å². The van der Waals surface area contributed by atoms with Crippen molar-refractivity contribution in [1.29, 1.82) is 0 Å². The zero-order valence-corrected chi connectivity index (χ0v) is 6.70. The Bertz CT molecular complexity index is 11.6. The Hall–Kier alpha value is 0.583. The Labute approximate surface area is 45.1 Å². The number of aliphatic hydroxyl groups excluding tert-OH is 1. The average molecular weight is 125 g/mol. The van der Waals surface area contributed by atoms with Crippen LogP contribution >= 0.6 is 0 Å². The molecular weight excluding hydrogens is 117 g/mol. The predicted octanol–water partition coefficient (Wildman–Crippen LogP) is 0.385. The Morgan fingerprint density at radius 2 is 1.40 bits per heavy atom. The monoisotopic (exact) mass is 124 g/mol. The van der Waals surface area contributed by atoms with E-state index < -0.39 is 0 Å². The molecule has 0 aromatic carbocycles. The summed E-state index contributed by atoms with van der Waals surface area (Å²) >= 11 is 0. The molecule has 0 aliphatic carbocycles. The maximum atomic E-state index is 8.06. The van der Waals surface area contributed by atoms with Crippen LogP contribution in [0.25, 0.3) is 0 Å². The van der Waals surface area contributed by atoms with E-state index in [2.05, 4.69) is 0 Å². The van der Waals surface area contributed by atoms with E-state index in [-0.39, 0.29) is 25.6 Å². The first-order valence-electron chi connectivity index (χ1n) is 1.41. The van der Waals surface area contributed by atoms with Crippen molar-refractivity contribution < 1.29 is 24.6 Å². The molecule has 2 heteroatoms. The molecule has 0 spiro atoms. The first-order valence-corrected chi connectivity index (χ1v) is 1.41. The third kappa shape index (κ3) is 89.9. The summed E-state index contributed by atoms with van der Waals surface area (Å²) in [6.07, 6.45) is -0.167. The quantitative estimate of drug-likeness (QED) is 0.464. The minimum absolute atomic E-state index is 0. The average Bonchev–Trinajstić information content (AvgIpc) is 0.811. The molecular formula is C3H8OZn+2. The molecule has 0 saturated carbocycles. The van der Waals surface area contributed by atoms with Crippen LogP contribution in [0.5, 0.6) is 0 Å². The fourth-order valence-corrected chi connectivity index (χ4v) is 0. The van der Waals surface area contributed by atoms with Crippen molar-refractivity contribution in [1.82, 2.24) is 0 Å². The van der Waals surface area contributed by atoms with Gasteiger partial charge in [0.05, 0.1) is 0 Å². The number of rotatable bonds is 0. The molecule has 0 rings (SSSR count). The van der Waals surface area contributed by atoms with Crippen LogP contribution in [0.4, 0.5) is 0 Å². The maximum absolute atomic E-state index is 8.06. The van der Waals surface area contributed by atoms with Crippen molar-refractivity contribution in [3.8, 4) is 0 Å². The van der Waals surface area contributed by atoms with E-state index in [0.29, 0.717) is 0 Å². The molecule has 0 saturated heterocycles. The van der Waals surface area contributed by atoms with E-state index in [1.54, 1.807) is 13.8 Å². The normalized spacial score (nSPS) is 7.20. The Balaban J connectivity index is 0. The Morgan fingerprint density at radius 3 is 1.40 bits per heavy atom. The number of aliphatic hydroxyl groups is 1. The number of hydrogen-bond acceptors (Lipinski definition) is 1. The van der Waals surface area contributed by atoms with E-state index in [1.165, 1.54) is 0 Å². The molecule has 26 valence electrons. The molecule has 0 aromatic heterocycles. The van der Waals surface area contributed by atoms with E-state index in [4.69, 9.17) is 5.11 Å². The van der Waals surface area contributed by atoms with Gasteiger partial charge in [-0.1, -0.05) is 0 Å². The minimum Gasteiger partial charge on any atom is -0.394 e. The summed E-state index contributed by atoms with van der Waals surface area (Å²) in [5.74, 6) is 0. The summed E-state index contributed by atoms with van der Waals surface area (Å²) in [6.45, 7) is 3.44. The van der Waals surface area contributed by atoms with Crippen LogP contribution in [0.3, 0.4) is 0 Å². The Kier molecular flexibility index (Phi) is 8.37. The molecule has 0 atom stereocenters. The van der Waals surface area contributed by atoms with Gasteiger partial charge in [-0.2, -0.15) is 0 Å². The van der Waals surface area contributed by atoms with Gasteiger partial charge >= 0.3 is 19.5 Å². The molecule has 1 nitrogen and oxygen atoms in total. The largest absolute Gasteiger partial charge is 2.00 e. The molecule has 0 heterocycles. The predicted molar refractivity (Wildman–Crippen MR) is 17.4 cm³/mol. The minimum atomic E-state index is -0.167. The van der Waals surface area contributed by atoms with Crippen molar-refractivity contribution in [2.24, 2.45) is 0 Å². The molecule has 1 N–H and O–H groups in total. The standard InChI is InChI=1S/C3H8O.Zn/c1-3(2)4;/h3-4H,1-2H3;/q;+2. The second kappa shape index (κ2) is 4.58. The summed E-state index contributed by atoms with van der Waals surface area (Å²) in [7, 11) is 0. The number of hydrogen-bond donors (Lipinski definition) is 1. The van der Waals surface area contributed by atoms with Crippen LogP contribution in [-0.2, 0) is 19.5 Å². The molecule has 0 amide bonds. The third-order valence-corrected chi connectivity index (χ3v) is 0. The molecule has 0 bridgehead atoms. The van der Waals surface area contributed by atoms with Gasteiger partial charge in [-0.15, -0.1) is 0 Å². The smallest absolute Gasteiger partial charge is 0.394 e. The van der Waals surface area contributed by atoms with Gasteiger partial charge in [-0.3, -0.25) is 0 Å². The van der Waals surface area contributed by atoms with Gasteiger partial charge in [0.1, 0.15) is 0 Å². The van der Waals surface area contributed by atoms with Gasteiger partial charge in [0.25, 0.3) is 0 Å². The summed E-state index contributed by atoms with van der Waals surface area (Å²) in [5.41, 5.74) is 0. The fraction of sp³-hybridized carbons (Fsp3) is 1.00. The van der Waals surface area contributed by atoms with E-state index in [9.17, 15) is 0 Å². The zero-order chi connectivity index (χ0) is 3.58. The molecule has 0 aliphatic rings. The van der Waals surface area contributed by atoms with Gasteiger partial charge in [0.2, 0.25) is 0 Å². The van der Waals surface area contributed by atoms with Crippen molar-refractivity contribution in [3.05, 3.63) is 0 Å². The topological polar surface area (TPSA) is 20.2 Å². The van der Waals surface area contributed by atoms with Crippen molar-refractivity contribution in [3.63, 3.8) is 0 Å². The van der Waals surface area contributed by atoms with Gasteiger partial charge in [0.15, 0.2) is 0 Å². The molecule has 0 radical (unpaired) electrons. The van der Waals surface area contributed by atoms with Crippen LogP contribution in [0, 0.1) is 0 Å². The van der Waals surface area contributed by atoms with E-state index in [1.807, 2.05) is 0 Å². The van der Waals surface area contributed by atoms with Gasteiger partial charge in [-0.05, 0) is 13.8 Å². The zero-order valence-electron chi connectivity index (χ0n) is 3.73. The summed E-state index contributed by atoms with van der Waals surface area (Å²) in [4.78, 5) is 0. The van der Waals surface area contributed by atoms with Crippen LogP contribution in [-0.4, -0.2) is 11.2 Å². The van der Waals surface area contributed by atoms with E-state index >= 15 is 0 Å². The third-order valence-electron chi connectivity index (χ3n) is 0. The Morgan fingerprint density at radius 1 is 1.40 bits per heavy atom. The fourth-order valence-electron chi connectivity index (χ4n) is 0. The molecule has 5 heavy (non-hydrogen) atoms. The van der Waals surface area contributed by atoms with Crippen molar-refractivity contribution in [2.45, 2.75) is 20.0 Å². The second-order valence-electron chi connectivity index (χ2n) is 1.09. The van der Waals surface area contributed by atoms with Crippen LogP contribution in [0.2, 0.25) is 0 Å². The SMILES string of the molecule is CC(C)O.[Zn+2]. The van der Waals surface area contributed by atoms with Gasteiger partial charge in [-0.25, -0.2) is 0 Å². The van der Waals surface area contributed by atoms with E-state index in [0.717, 1.165) is 0 Å². The van der Waals surface area contributed by atoms with Crippen molar-refractivity contribution >= 4 is 0 Å². The van der Waals surface area contributed by atoms with Gasteiger partial charge < -0.3 is 5.11 Å². The first kappa shape index (κ1) is 9.13. The maximum Gasteiger partial charge on any atom is 2.00 e. The summed E-state index contributed by atoms with van der Waals surface area (Å²) in [5, 5.41) is 8.06. The first-order chi connectivity index (χ1) is 1.73. The molecule has 0 aliphatic heterocycles.